The van der Waals surface area contributed by atoms with Crippen molar-refractivity contribution in [3.63, 3.8) is 0 Å². The van der Waals surface area contributed by atoms with E-state index in [2.05, 4.69) is 17.5 Å². The molecule has 0 spiro atoms. The molecule has 0 fully saturated rings. The van der Waals surface area contributed by atoms with Crippen molar-refractivity contribution < 1.29 is 9.53 Å². The number of fused-ring (bicyclic) bond motifs is 3. The largest absolute Gasteiger partial charge is 0.464 e. The summed E-state index contributed by atoms with van der Waals surface area (Å²) in [5.74, 6) is 0.0252. The lowest BCUT2D eigenvalue weighted by Crippen LogP contribution is -2.43. The van der Waals surface area contributed by atoms with E-state index in [1.807, 2.05) is 6.92 Å². The molecule has 3 atom stereocenters. The minimum Gasteiger partial charge on any atom is -0.464 e. The van der Waals surface area contributed by atoms with Crippen LogP contribution >= 0.6 is 23.2 Å². The van der Waals surface area contributed by atoms with E-state index < -0.39 is 0 Å². The smallest absolute Gasteiger partial charge is 0.328 e. The number of carbonyl (C=O) groups excluding carboxylic acids is 1. The summed E-state index contributed by atoms with van der Waals surface area (Å²) in [4.78, 5) is 12.2. The van der Waals surface area contributed by atoms with Crippen molar-refractivity contribution in [1.82, 2.24) is 0 Å². The molecule has 3 rings (SSSR count). The number of carbonyl (C=O) groups is 1. The third kappa shape index (κ3) is 2.09. The first-order valence-corrected chi connectivity index (χ1v) is 7.46. The molecule has 5 heteroatoms. The Kier molecular flexibility index (Phi) is 3.65. The van der Waals surface area contributed by atoms with Gasteiger partial charge < -0.3 is 10.1 Å². The van der Waals surface area contributed by atoms with E-state index in [0.717, 1.165) is 17.7 Å². The number of hydrogen-bond acceptors (Lipinski definition) is 3. The van der Waals surface area contributed by atoms with Gasteiger partial charge in [-0.15, -0.1) is 0 Å². The standard InChI is InChI=1S/C15H15Cl2NO2/c1-2-20-15(19)13-9-5-3-4-8(9)12-10(16)6-7-11(17)14(12)18-13/h3-4,6-9,13,18H,2,5H2,1H3/t8-,9+,13-/m0/s1. The van der Waals surface area contributed by atoms with Gasteiger partial charge in [0.1, 0.15) is 6.04 Å². The molecule has 3 nitrogen and oxygen atoms in total. The molecule has 0 saturated carbocycles. The Morgan fingerprint density at radius 2 is 2.15 bits per heavy atom. The van der Waals surface area contributed by atoms with Crippen LogP contribution in [0.15, 0.2) is 24.3 Å². The lowest BCUT2D eigenvalue weighted by molar-refractivity contribution is -0.145. The summed E-state index contributed by atoms with van der Waals surface area (Å²) in [6.45, 7) is 2.18. The topological polar surface area (TPSA) is 38.3 Å². The highest BCUT2D eigenvalue weighted by atomic mass is 35.5. The number of esters is 1. The van der Waals surface area contributed by atoms with E-state index in [0.29, 0.717) is 16.7 Å². The van der Waals surface area contributed by atoms with E-state index in [4.69, 9.17) is 27.9 Å². The summed E-state index contributed by atoms with van der Waals surface area (Å²) in [5, 5.41) is 4.49. The zero-order valence-corrected chi connectivity index (χ0v) is 12.5. The Hall–Kier alpha value is -1.19. The van der Waals surface area contributed by atoms with Crippen LogP contribution in [0.1, 0.15) is 24.8 Å². The molecule has 0 unspecified atom stereocenters. The summed E-state index contributed by atoms with van der Waals surface area (Å²) in [5.41, 5.74) is 1.74. The molecule has 106 valence electrons. The fraction of sp³-hybridized carbons (Fsp3) is 0.400. The third-order valence-corrected chi connectivity index (χ3v) is 4.60. The highest BCUT2D eigenvalue weighted by Crippen LogP contribution is 2.49. The van der Waals surface area contributed by atoms with Crippen molar-refractivity contribution >= 4 is 34.9 Å². The zero-order valence-electron chi connectivity index (χ0n) is 11.0. The molecule has 0 radical (unpaired) electrons. The van der Waals surface area contributed by atoms with Gasteiger partial charge in [-0.05, 0) is 25.5 Å². The average molecular weight is 312 g/mol. The first-order chi connectivity index (χ1) is 9.63. The number of allylic oxidation sites excluding steroid dienone is 2. The Bertz CT molecular complexity index is 585. The van der Waals surface area contributed by atoms with Gasteiger partial charge in [-0.1, -0.05) is 35.4 Å². The maximum atomic E-state index is 12.2. The summed E-state index contributed by atoms with van der Waals surface area (Å²) >= 11 is 12.6. The number of hydrogen-bond donors (Lipinski definition) is 1. The summed E-state index contributed by atoms with van der Waals surface area (Å²) in [6, 6.07) is 3.17. The van der Waals surface area contributed by atoms with Gasteiger partial charge in [-0.25, -0.2) is 4.79 Å². The van der Waals surface area contributed by atoms with Crippen molar-refractivity contribution in [2.24, 2.45) is 5.92 Å². The van der Waals surface area contributed by atoms with Crippen LogP contribution in [-0.4, -0.2) is 18.6 Å². The third-order valence-electron chi connectivity index (χ3n) is 3.96. The molecule has 1 aromatic rings. The van der Waals surface area contributed by atoms with Crippen LogP contribution in [0.2, 0.25) is 10.0 Å². The molecular formula is C15H15Cl2NO2. The molecule has 1 heterocycles. The quantitative estimate of drug-likeness (QED) is 0.662. The van der Waals surface area contributed by atoms with Gasteiger partial charge in [-0.2, -0.15) is 0 Å². The Morgan fingerprint density at radius 1 is 1.40 bits per heavy atom. The monoisotopic (exact) mass is 311 g/mol. The molecule has 0 saturated heterocycles. The van der Waals surface area contributed by atoms with Gasteiger partial charge in [-0.3, -0.25) is 0 Å². The SMILES string of the molecule is CCOC(=O)[C@H]1Nc2c(Cl)ccc(Cl)c2[C@H]2C=CC[C@@H]12. The molecule has 0 amide bonds. The van der Waals surface area contributed by atoms with Crippen molar-refractivity contribution in [2.45, 2.75) is 25.3 Å². The molecule has 2 aliphatic rings. The van der Waals surface area contributed by atoms with Gasteiger partial charge in [0.25, 0.3) is 0 Å². The number of ether oxygens (including phenoxy) is 1. The summed E-state index contributed by atoms with van der Waals surface area (Å²) < 4.78 is 5.17. The summed E-state index contributed by atoms with van der Waals surface area (Å²) in [6.07, 6.45) is 5.04. The molecule has 1 aliphatic heterocycles. The number of nitrogens with one attached hydrogen (secondary N) is 1. The fourth-order valence-electron chi connectivity index (χ4n) is 3.09. The van der Waals surface area contributed by atoms with E-state index >= 15 is 0 Å². The summed E-state index contributed by atoms with van der Waals surface area (Å²) in [7, 11) is 0. The van der Waals surface area contributed by atoms with Crippen LogP contribution in [0.5, 0.6) is 0 Å². The van der Waals surface area contributed by atoms with Crippen LogP contribution in [0.4, 0.5) is 5.69 Å². The Balaban J connectivity index is 2.05. The average Bonchev–Trinajstić information content (AvgIpc) is 2.91. The van der Waals surface area contributed by atoms with E-state index in [-0.39, 0.29) is 23.8 Å². The molecule has 20 heavy (non-hydrogen) atoms. The number of benzene rings is 1. The number of rotatable bonds is 2. The molecule has 0 aromatic heterocycles. The maximum absolute atomic E-state index is 12.2. The van der Waals surface area contributed by atoms with Crippen molar-refractivity contribution in [3.8, 4) is 0 Å². The normalized spacial score (nSPS) is 26.6. The lowest BCUT2D eigenvalue weighted by Gasteiger charge is -2.36. The van der Waals surface area contributed by atoms with Crippen molar-refractivity contribution in [2.75, 3.05) is 11.9 Å². The fourth-order valence-corrected chi connectivity index (χ4v) is 3.60. The van der Waals surface area contributed by atoms with E-state index in [9.17, 15) is 4.79 Å². The van der Waals surface area contributed by atoms with E-state index in [1.54, 1.807) is 12.1 Å². The van der Waals surface area contributed by atoms with Gasteiger partial charge in [0.2, 0.25) is 0 Å². The van der Waals surface area contributed by atoms with Gasteiger partial charge in [0.15, 0.2) is 0 Å². The number of halogens is 2. The van der Waals surface area contributed by atoms with Crippen molar-refractivity contribution in [1.29, 1.82) is 0 Å². The van der Waals surface area contributed by atoms with Crippen LogP contribution < -0.4 is 5.32 Å². The highest BCUT2D eigenvalue weighted by molar-refractivity contribution is 6.36. The van der Waals surface area contributed by atoms with Gasteiger partial charge in [0.05, 0.1) is 17.3 Å². The Morgan fingerprint density at radius 3 is 2.90 bits per heavy atom. The second-order valence-electron chi connectivity index (χ2n) is 5.05. The Labute approximate surface area is 127 Å². The molecule has 1 N–H and O–H groups in total. The first kappa shape index (κ1) is 13.8. The van der Waals surface area contributed by atoms with Gasteiger partial charge in [0, 0.05) is 22.4 Å². The molecule has 1 aliphatic carbocycles. The van der Waals surface area contributed by atoms with Crippen LogP contribution in [-0.2, 0) is 9.53 Å². The highest BCUT2D eigenvalue weighted by Gasteiger charge is 2.43. The van der Waals surface area contributed by atoms with E-state index in [1.165, 1.54) is 0 Å². The first-order valence-electron chi connectivity index (χ1n) is 6.71. The number of anilines is 1. The second-order valence-corrected chi connectivity index (χ2v) is 5.86. The van der Waals surface area contributed by atoms with Gasteiger partial charge >= 0.3 is 5.97 Å². The maximum Gasteiger partial charge on any atom is 0.328 e. The van der Waals surface area contributed by atoms with Crippen molar-refractivity contribution in [3.05, 3.63) is 39.9 Å². The lowest BCUT2D eigenvalue weighted by atomic mass is 9.79. The predicted molar refractivity (Wildman–Crippen MR) is 80.5 cm³/mol. The van der Waals surface area contributed by atoms with Crippen LogP contribution in [0, 0.1) is 5.92 Å². The molecule has 0 bridgehead atoms. The predicted octanol–water partition coefficient (Wildman–Crippen LogP) is 4.01. The van der Waals surface area contributed by atoms with Crippen LogP contribution in [0.25, 0.3) is 0 Å². The minimum absolute atomic E-state index is 0.117. The second kappa shape index (κ2) is 5.30. The molecular weight excluding hydrogens is 297 g/mol. The minimum atomic E-state index is -0.376. The van der Waals surface area contributed by atoms with Crippen LogP contribution in [0.3, 0.4) is 0 Å². The zero-order chi connectivity index (χ0) is 14.3. The molecule has 1 aromatic carbocycles.